The van der Waals surface area contributed by atoms with Crippen LogP contribution in [0.5, 0.6) is 0 Å². The maximum absolute atomic E-state index is 14.6. The summed E-state index contributed by atoms with van der Waals surface area (Å²) in [6.45, 7) is 4.05. The molecule has 1 saturated carbocycles. The van der Waals surface area contributed by atoms with Crippen LogP contribution in [-0.4, -0.2) is 44.3 Å². The molecule has 0 spiro atoms. The molecular weight excluding hydrogens is 588 g/mol. The van der Waals surface area contributed by atoms with Gasteiger partial charge in [0.25, 0.3) is 0 Å². The van der Waals surface area contributed by atoms with Crippen LogP contribution in [0.2, 0.25) is 5.02 Å². The summed E-state index contributed by atoms with van der Waals surface area (Å²) in [6.07, 6.45) is 6.61. The number of amidine groups is 1. The minimum absolute atomic E-state index is 0.00408. The zero-order valence-corrected chi connectivity index (χ0v) is 24.6. The number of aryl methyl sites for hydroxylation is 2. The lowest BCUT2D eigenvalue weighted by Gasteiger charge is -2.35. The summed E-state index contributed by atoms with van der Waals surface area (Å²) in [5.41, 5.74) is 2.95. The Morgan fingerprint density at radius 1 is 1.19 bits per heavy atom. The van der Waals surface area contributed by atoms with Gasteiger partial charge in [0, 0.05) is 29.0 Å². The van der Waals surface area contributed by atoms with Crippen LogP contribution >= 0.6 is 22.9 Å². The molecule has 5 rings (SSSR count). The van der Waals surface area contributed by atoms with Crippen LogP contribution in [0.4, 0.5) is 8.78 Å². The van der Waals surface area contributed by atoms with E-state index >= 15 is 0 Å². The molecule has 1 unspecified atom stereocenters. The van der Waals surface area contributed by atoms with Crippen molar-refractivity contribution in [3.63, 3.8) is 0 Å². The SMILES string of the molecule is CCOC(=O)C1=C(C2CCC(c3cn(CCC(=O)O)nc3C)CC2)NC(c2nccs2)=NC1c1ccc(F)c(F)c1Cl. The number of nitrogens with one attached hydrogen (secondary N) is 1. The number of carbonyl (C=O) groups is 2. The normalized spacial score (nSPS) is 20.7. The Kier molecular flexibility index (Phi) is 9.02. The number of allylic oxidation sites excluding steroid dienone is 1. The molecule has 2 aliphatic rings. The van der Waals surface area contributed by atoms with E-state index in [1.807, 2.05) is 13.1 Å². The van der Waals surface area contributed by atoms with E-state index in [-0.39, 0.29) is 36.0 Å². The fraction of sp³-hybridized carbons (Fsp3) is 0.414. The van der Waals surface area contributed by atoms with Gasteiger partial charge in [-0.1, -0.05) is 17.7 Å². The maximum atomic E-state index is 14.6. The summed E-state index contributed by atoms with van der Waals surface area (Å²) in [5.74, 6) is -3.23. The Labute approximate surface area is 250 Å². The molecule has 13 heteroatoms. The Balaban J connectivity index is 1.49. The van der Waals surface area contributed by atoms with Crippen molar-refractivity contribution in [2.45, 2.75) is 64.5 Å². The number of benzene rings is 1. The van der Waals surface area contributed by atoms with Gasteiger partial charge in [-0.3, -0.25) is 14.5 Å². The van der Waals surface area contributed by atoms with Crippen molar-refractivity contribution in [1.29, 1.82) is 0 Å². The Bertz CT molecular complexity index is 1550. The fourth-order valence-electron chi connectivity index (χ4n) is 5.70. The van der Waals surface area contributed by atoms with Gasteiger partial charge in [-0.25, -0.2) is 18.6 Å². The molecule has 1 atom stereocenters. The van der Waals surface area contributed by atoms with Crippen molar-refractivity contribution in [3.8, 4) is 0 Å². The number of esters is 1. The first-order valence-electron chi connectivity index (χ1n) is 13.7. The first-order valence-corrected chi connectivity index (χ1v) is 15.0. The van der Waals surface area contributed by atoms with Crippen LogP contribution in [0.25, 0.3) is 0 Å². The number of thiazole rings is 1. The maximum Gasteiger partial charge on any atom is 0.338 e. The van der Waals surface area contributed by atoms with Crippen LogP contribution in [0, 0.1) is 24.5 Å². The molecular formula is C29H30ClF2N5O4S. The van der Waals surface area contributed by atoms with E-state index in [0.717, 1.165) is 43.0 Å². The van der Waals surface area contributed by atoms with Crippen molar-refractivity contribution < 1.29 is 28.2 Å². The molecule has 0 radical (unpaired) electrons. The van der Waals surface area contributed by atoms with Crippen LogP contribution < -0.4 is 5.32 Å². The van der Waals surface area contributed by atoms with Gasteiger partial charge in [0.2, 0.25) is 0 Å². The highest BCUT2D eigenvalue weighted by Crippen LogP contribution is 2.44. The monoisotopic (exact) mass is 617 g/mol. The number of carboxylic acid groups (broad SMARTS) is 1. The molecule has 2 aromatic heterocycles. The van der Waals surface area contributed by atoms with Crippen LogP contribution in [0.3, 0.4) is 0 Å². The smallest absolute Gasteiger partial charge is 0.338 e. The topological polar surface area (TPSA) is 119 Å². The van der Waals surface area contributed by atoms with E-state index in [2.05, 4.69) is 15.4 Å². The highest BCUT2D eigenvalue weighted by Gasteiger charge is 2.39. The molecule has 0 bridgehead atoms. The molecule has 3 heterocycles. The van der Waals surface area contributed by atoms with E-state index in [1.165, 1.54) is 17.4 Å². The van der Waals surface area contributed by atoms with Gasteiger partial charge in [0.15, 0.2) is 22.5 Å². The Hall–Kier alpha value is -3.64. The Morgan fingerprint density at radius 3 is 2.60 bits per heavy atom. The van der Waals surface area contributed by atoms with Gasteiger partial charge < -0.3 is 15.2 Å². The number of aliphatic carboxylic acids is 1. The van der Waals surface area contributed by atoms with Gasteiger partial charge in [-0.2, -0.15) is 5.10 Å². The number of halogens is 3. The molecule has 9 nitrogen and oxygen atoms in total. The first-order chi connectivity index (χ1) is 20.2. The third-order valence-corrected chi connectivity index (χ3v) is 8.84. The number of rotatable bonds is 9. The third-order valence-electron chi connectivity index (χ3n) is 7.68. The summed E-state index contributed by atoms with van der Waals surface area (Å²) < 4.78 is 35.7. The number of carbonyl (C=O) groups excluding carboxylic acids is 1. The predicted octanol–water partition coefficient (Wildman–Crippen LogP) is 5.94. The molecule has 1 aliphatic heterocycles. The second-order valence-corrected chi connectivity index (χ2v) is 11.6. The van der Waals surface area contributed by atoms with Crippen molar-refractivity contribution in [1.82, 2.24) is 20.1 Å². The number of aromatic nitrogens is 3. The highest BCUT2D eigenvalue weighted by molar-refractivity contribution is 7.11. The van der Waals surface area contributed by atoms with Gasteiger partial charge in [0.1, 0.15) is 6.04 Å². The van der Waals surface area contributed by atoms with E-state index in [4.69, 9.17) is 26.4 Å². The lowest BCUT2D eigenvalue weighted by Crippen LogP contribution is -2.38. The van der Waals surface area contributed by atoms with Crippen molar-refractivity contribution in [2.24, 2.45) is 10.9 Å². The molecule has 42 heavy (non-hydrogen) atoms. The Morgan fingerprint density at radius 2 is 1.93 bits per heavy atom. The lowest BCUT2D eigenvalue weighted by molar-refractivity contribution is -0.139. The molecule has 3 aromatic rings. The molecule has 0 amide bonds. The minimum atomic E-state index is -1.21. The molecule has 2 N–H and O–H groups in total. The third kappa shape index (κ3) is 6.10. The van der Waals surface area contributed by atoms with Crippen LogP contribution in [0.1, 0.15) is 72.8 Å². The van der Waals surface area contributed by atoms with Crippen molar-refractivity contribution in [3.05, 3.63) is 79.7 Å². The minimum Gasteiger partial charge on any atom is -0.481 e. The summed E-state index contributed by atoms with van der Waals surface area (Å²) in [7, 11) is 0. The average Bonchev–Trinajstić information content (AvgIpc) is 3.65. The van der Waals surface area contributed by atoms with Gasteiger partial charge in [0.05, 0.1) is 35.9 Å². The highest BCUT2D eigenvalue weighted by atomic mass is 35.5. The van der Waals surface area contributed by atoms with E-state index in [9.17, 15) is 18.4 Å². The largest absolute Gasteiger partial charge is 0.481 e. The number of ether oxygens (including phenoxy) is 1. The molecule has 0 saturated heterocycles. The van der Waals surface area contributed by atoms with Crippen LogP contribution in [0.15, 0.2) is 46.2 Å². The molecule has 222 valence electrons. The number of carboxylic acids is 1. The van der Waals surface area contributed by atoms with Gasteiger partial charge in [-0.15, -0.1) is 11.3 Å². The van der Waals surface area contributed by atoms with E-state index < -0.39 is 34.6 Å². The van der Waals surface area contributed by atoms with Crippen molar-refractivity contribution in [2.75, 3.05) is 6.61 Å². The number of hydrogen-bond donors (Lipinski definition) is 2. The van der Waals surface area contributed by atoms with Crippen molar-refractivity contribution >= 4 is 40.7 Å². The van der Waals surface area contributed by atoms with E-state index in [0.29, 0.717) is 23.1 Å². The quantitative estimate of drug-likeness (QED) is 0.225. The average molecular weight is 618 g/mol. The molecule has 1 aromatic carbocycles. The number of nitrogens with zero attached hydrogens (tertiary/aromatic N) is 4. The standard InChI is InChI=1S/C29H30ClF2N5O4S/c1-3-41-29(40)22-25(17-6-4-16(5-7-17)19-14-37(36-15(19)2)12-10-21(38)39)34-27(28-33-11-13-42-28)35-26(22)18-8-9-20(31)24(32)23(18)30/h8-9,11,13-14,16-17,26H,3-7,10,12H2,1-2H3,(H,34,35)(H,38,39). The van der Waals surface area contributed by atoms with Gasteiger partial charge in [-0.05, 0) is 63.0 Å². The van der Waals surface area contributed by atoms with Crippen LogP contribution in [-0.2, 0) is 20.9 Å². The predicted molar refractivity (Wildman–Crippen MR) is 153 cm³/mol. The number of hydrogen-bond acceptors (Lipinski definition) is 8. The first kappa shape index (κ1) is 29.8. The summed E-state index contributed by atoms with van der Waals surface area (Å²) >= 11 is 7.65. The molecule has 1 fully saturated rings. The summed E-state index contributed by atoms with van der Waals surface area (Å²) in [4.78, 5) is 33.6. The lowest BCUT2D eigenvalue weighted by atomic mass is 9.76. The molecule has 1 aliphatic carbocycles. The van der Waals surface area contributed by atoms with Gasteiger partial charge >= 0.3 is 11.9 Å². The second kappa shape index (κ2) is 12.7. The summed E-state index contributed by atoms with van der Waals surface area (Å²) in [5, 5.41) is 18.8. The van der Waals surface area contributed by atoms with E-state index in [1.54, 1.807) is 23.2 Å². The zero-order valence-electron chi connectivity index (χ0n) is 23.1. The number of aliphatic imine (C=N–C) groups is 1. The second-order valence-electron chi connectivity index (χ2n) is 10.3. The fourth-order valence-corrected chi connectivity index (χ4v) is 6.54. The summed E-state index contributed by atoms with van der Waals surface area (Å²) in [6, 6.07) is 1.29. The zero-order chi connectivity index (χ0) is 30.0.